The fourth-order valence-corrected chi connectivity index (χ4v) is 2.58. The highest BCUT2D eigenvalue weighted by molar-refractivity contribution is 5.54. The SMILES string of the molecule is CCC(Nc1ccccc1C(C)C)c1ccc(OC)cc1. The Kier molecular flexibility index (Phi) is 5.26. The van der Waals surface area contributed by atoms with E-state index >= 15 is 0 Å². The zero-order valence-corrected chi connectivity index (χ0v) is 13.4. The molecular formula is C19H25NO. The van der Waals surface area contributed by atoms with Crippen LogP contribution in [0.2, 0.25) is 0 Å². The number of rotatable bonds is 6. The minimum atomic E-state index is 0.316. The molecule has 0 aliphatic rings. The summed E-state index contributed by atoms with van der Waals surface area (Å²) < 4.78 is 5.23. The van der Waals surface area contributed by atoms with Crippen molar-refractivity contribution in [1.29, 1.82) is 0 Å². The summed E-state index contributed by atoms with van der Waals surface area (Å²) in [6, 6.07) is 17.2. The van der Waals surface area contributed by atoms with Crippen molar-refractivity contribution in [2.24, 2.45) is 0 Å². The first-order valence-corrected chi connectivity index (χ1v) is 7.65. The first-order valence-electron chi connectivity index (χ1n) is 7.65. The summed E-state index contributed by atoms with van der Waals surface area (Å²) in [7, 11) is 1.70. The third-order valence-corrected chi connectivity index (χ3v) is 3.84. The van der Waals surface area contributed by atoms with Gasteiger partial charge < -0.3 is 10.1 Å². The maximum atomic E-state index is 5.23. The topological polar surface area (TPSA) is 21.3 Å². The first-order chi connectivity index (χ1) is 10.2. The van der Waals surface area contributed by atoms with Crippen LogP contribution in [-0.4, -0.2) is 7.11 Å². The Bertz CT molecular complexity index is 560. The van der Waals surface area contributed by atoms with Crippen molar-refractivity contribution in [2.45, 2.75) is 39.2 Å². The van der Waals surface area contributed by atoms with Gasteiger partial charge >= 0.3 is 0 Å². The third-order valence-electron chi connectivity index (χ3n) is 3.84. The third kappa shape index (κ3) is 3.78. The van der Waals surface area contributed by atoms with Crippen molar-refractivity contribution in [3.8, 4) is 5.75 Å². The Labute approximate surface area is 128 Å². The maximum absolute atomic E-state index is 5.23. The van der Waals surface area contributed by atoms with Gasteiger partial charge in [0, 0.05) is 5.69 Å². The molecule has 0 aliphatic heterocycles. The summed E-state index contributed by atoms with van der Waals surface area (Å²) >= 11 is 0. The Morgan fingerprint density at radius 3 is 2.24 bits per heavy atom. The standard InChI is InChI=1S/C19H25NO/c1-5-18(15-10-12-16(21-4)13-11-15)20-19-9-7-6-8-17(19)14(2)3/h6-14,18,20H,5H2,1-4H3. The highest BCUT2D eigenvalue weighted by atomic mass is 16.5. The molecule has 0 spiro atoms. The van der Waals surface area contributed by atoms with E-state index < -0.39 is 0 Å². The summed E-state index contributed by atoms with van der Waals surface area (Å²) in [5.74, 6) is 1.42. The molecule has 0 heterocycles. The van der Waals surface area contributed by atoms with Crippen molar-refractivity contribution < 1.29 is 4.74 Å². The minimum Gasteiger partial charge on any atom is -0.497 e. The maximum Gasteiger partial charge on any atom is 0.118 e. The van der Waals surface area contributed by atoms with E-state index in [2.05, 4.69) is 62.5 Å². The lowest BCUT2D eigenvalue weighted by Crippen LogP contribution is -2.11. The number of benzene rings is 2. The number of ether oxygens (including phenoxy) is 1. The van der Waals surface area contributed by atoms with E-state index in [0.29, 0.717) is 12.0 Å². The molecule has 0 bridgehead atoms. The van der Waals surface area contributed by atoms with Crippen LogP contribution < -0.4 is 10.1 Å². The fraction of sp³-hybridized carbons (Fsp3) is 0.368. The second-order valence-electron chi connectivity index (χ2n) is 5.62. The smallest absolute Gasteiger partial charge is 0.118 e. The van der Waals surface area contributed by atoms with E-state index in [9.17, 15) is 0 Å². The number of hydrogen-bond donors (Lipinski definition) is 1. The molecule has 1 N–H and O–H groups in total. The monoisotopic (exact) mass is 283 g/mol. The van der Waals surface area contributed by atoms with Gasteiger partial charge in [-0.05, 0) is 41.7 Å². The second kappa shape index (κ2) is 7.16. The molecule has 112 valence electrons. The van der Waals surface area contributed by atoms with E-state index in [4.69, 9.17) is 4.74 Å². The molecule has 0 aromatic heterocycles. The summed E-state index contributed by atoms with van der Waals surface area (Å²) in [5.41, 5.74) is 3.89. The Morgan fingerprint density at radius 1 is 1.00 bits per heavy atom. The zero-order valence-electron chi connectivity index (χ0n) is 13.4. The van der Waals surface area contributed by atoms with Gasteiger partial charge in [-0.2, -0.15) is 0 Å². The van der Waals surface area contributed by atoms with Gasteiger partial charge in [0.25, 0.3) is 0 Å². The summed E-state index contributed by atoms with van der Waals surface area (Å²) in [4.78, 5) is 0. The quantitative estimate of drug-likeness (QED) is 0.768. The van der Waals surface area contributed by atoms with E-state index in [1.165, 1.54) is 16.8 Å². The lowest BCUT2D eigenvalue weighted by molar-refractivity contribution is 0.414. The van der Waals surface area contributed by atoms with Crippen LogP contribution >= 0.6 is 0 Å². The van der Waals surface area contributed by atoms with Crippen molar-refractivity contribution in [3.63, 3.8) is 0 Å². The lowest BCUT2D eigenvalue weighted by atomic mass is 9.99. The van der Waals surface area contributed by atoms with Gasteiger partial charge in [-0.15, -0.1) is 0 Å². The van der Waals surface area contributed by atoms with Crippen LogP contribution in [-0.2, 0) is 0 Å². The van der Waals surface area contributed by atoms with Crippen LogP contribution in [0.15, 0.2) is 48.5 Å². The highest BCUT2D eigenvalue weighted by Crippen LogP contribution is 2.29. The molecule has 0 amide bonds. The van der Waals surface area contributed by atoms with Crippen LogP contribution in [0, 0.1) is 0 Å². The lowest BCUT2D eigenvalue weighted by Gasteiger charge is -2.22. The molecule has 0 radical (unpaired) electrons. The van der Waals surface area contributed by atoms with Crippen LogP contribution in [0.5, 0.6) is 5.75 Å². The van der Waals surface area contributed by atoms with Gasteiger partial charge in [0.1, 0.15) is 5.75 Å². The molecule has 2 nitrogen and oxygen atoms in total. The molecule has 2 aromatic carbocycles. The minimum absolute atomic E-state index is 0.316. The van der Waals surface area contributed by atoms with Crippen LogP contribution in [0.3, 0.4) is 0 Å². The van der Waals surface area contributed by atoms with Crippen molar-refractivity contribution in [3.05, 3.63) is 59.7 Å². The molecule has 1 unspecified atom stereocenters. The van der Waals surface area contributed by atoms with Gasteiger partial charge in [0.15, 0.2) is 0 Å². The van der Waals surface area contributed by atoms with E-state index in [1.54, 1.807) is 7.11 Å². The summed E-state index contributed by atoms with van der Waals surface area (Å²) in [6.45, 7) is 6.67. The predicted molar refractivity (Wildman–Crippen MR) is 90.2 cm³/mol. The van der Waals surface area contributed by atoms with Crippen molar-refractivity contribution >= 4 is 5.69 Å². The predicted octanol–water partition coefficient (Wildman–Crippen LogP) is 5.38. The van der Waals surface area contributed by atoms with Crippen molar-refractivity contribution in [2.75, 3.05) is 12.4 Å². The Balaban J connectivity index is 2.22. The summed E-state index contributed by atoms with van der Waals surface area (Å²) in [5, 5.41) is 3.69. The van der Waals surface area contributed by atoms with Crippen molar-refractivity contribution in [1.82, 2.24) is 0 Å². The van der Waals surface area contributed by atoms with Gasteiger partial charge in [0.2, 0.25) is 0 Å². The van der Waals surface area contributed by atoms with E-state index in [-0.39, 0.29) is 0 Å². The molecule has 0 aliphatic carbocycles. The molecule has 2 rings (SSSR count). The van der Waals surface area contributed by atoms with Crippen LogP contribution in [0.1, 0.15) is 50.3 Å². The Hall–Kier alpha value is -1.96. The highest BCUT2D eigenvalue weighted by Gasteiger charge is 2.12. The van der Waals surface area contributed by atoms with Crippen LogP contribution in [0.4, 0.5) is 5.69 Å². The first kappa shape index (κ1) is 15.4. The molecule has 0 fully saturated rings. The van der Waals surface area contributed by atoms with E-state index in [0.717, 1.165) is 12.2 Å². The molecular weight excluding hydrogens is 258 g/mol. The van der Waals surface area contributed by atoms with Gasteiger partial charge in [-0.3, -0.25) is 0 Å². The molecule has 0 saturated heterocycles. The number of methoxy groups -OCH3 is 1. The normalized spacial score (nSPS) is 12.2. The Morgan fingerprint density at radius 2 is 1.67 bits per heavy atom. The number of para-hydroxylation sites is 1. The number of anilines is 1. The number of hydrogen-bond acceptors (Lipinski definition) is 2. The van der Waals surface area contributed by atoms with Gasteiger partial charge in [-0.1, -0.05) is 51.1 Å². The molecule has 1 atom stereocenters. The fourth-order valence-electron chi connectivity index (χ4n) is 2.58. The van der Waals surface area contributed by atoms with Gasteiger partial charge in [-0.25, -0.2) is 0 Å². The number of nitrogens with one attached hydrogen (secondary N) is 1. The molecule has 2 heteroatoms. The van der Waals surface area contributed by atoms with Crippen LogP contribution in [0.25, 0.3) is 0 Å². The molecule has 0 saturated carbocycles. The van der Waals surface area contributed by atoms with E-state index in [1.807, 2.05) is 12.1 Å². The zero-order chi connectivity index (χ0) is 15.2. The molecule has 2 aromatic rings. The molecule has 21 heavy (non-hydrogen) atoms. The second-order valence-corrected chi connectivity index (χ2v) is 5.62. The van der Waals surface area contributed by atoms with Gasteiger partial charge in [0.05, 0.1) is 13.2 Å². The average Bonchev–Trinajstić information content (AvgIpc) is 2.53. The largest absolute Gasteiger partial charge is 0.497 e. The average molecular weight is 283 g/mol. The summed E-state index contributed by atoms with van der Waals surface area (Å²) in [6.07, 6.45) is 1.04.